The third-order valence-corrected chi connectivity index (χ3v) is 5.74. The van der Waals surface area contributed by atoms with Gasteiger partial charge in [-0.05, 0) is 56.0 Å². The van der Waals surface area contributed by atoms with Crippen LogP contribution in [0.25, 0.3) is 23.3 Å². The molecule has 0 nitrogen and oxygen atoms in total. The third-order valence-electron chi connectivity index (χ3n) is 5.74. The second-order valence-electron chi connectivity index (χ2n) is 7.10. The summed E-state index contributed by atoms with van der Waals surface area (Å²) in [5.41, 5.74) is 7.98. The van der Waals surface area contributed by atoms with Gasteiger partial charge in [0.05, 0.1) is 5.41 Å². The molecule has 0 heteroatoms. The molecular formula is C25H16. The minimum atomic E-state index is -0.138. The Morgan fingerprint density at radius 1 is 0.800 bits per heavy atom. The molecule has 0 heterocycles. The summed E-state index contributed by atoms with van der Waals surface area (Å²) in [4.78, 5) is 0. The van der Waals surface area contributed by atoms with E-state index in [1.807, 2.05) is 0 Å². The maximum absolute atomic E-state index is 2.43. The number of fused-ring (bicyclic) bond motifs is 6. The fourth-order valence-electron chi connectivity index (χ4n) is 4.55. The van der Waals surface area contributed by atoms with Crippen LogP contribution in [0.15, 0.2) is 96.1 Å². The molecule has 1 spiro atoms. The van der Waals surface area contributed by atoms with Gasteiger partial charge in [0.25, 0.3) is 0 Å². The molecule has 0 fully saturated rings. The number of benzene rings is 2. The van der Waals surface area contributed by atoms with Crippen LogP contribution in [0.2, 0.25) is 0 Å². The average Bonchev–Trinajstić information content (AvgIpc) is 3.20. The molecule has 4 aliphatic rings. The Labute approximate surface area is 146 Å². The maximum atomic E-state index is 2.43. The normalized spacial score (nSPS) is 24.0. The summed E-state index contributed by atoms with van der Waals surface area (Å²) in [5.74, 6) is 0. The highest BCUT2D eigenvalue weighted by Gasteiger charge is 2.37. The quantitative estimate of drug-likeness (QED) is 0.684. The summed E-state index contributed by atoms with van der Waals surface area (Å²) in [6.07, 6.45) is 18.6. The molecule has 2 aromatic rings. The second-order valence-corrected chi connectivity index (χ2v) is 7.10. The van der Waals surface area contributed by atoms with Crippen molar-refractivity contribution in [3.8, 4) is 0 Å². The lowest BCUT2D eigenvalue weighted by molar-refractivity contribution is 0.778. The van der Waals surface area contributed by atoms with Crippen LogP contribution in [-0.4, -0.2) is 0 Å². The van der Waals surface area contributed by atoms with E-state index in [1.54, 1.807) is 0 Å². The molecule has 2 aromatic carbocycles. The summed E-state index contributed by atoms with van der Waals surface area (Å²) in [6, 6.07) is 17.4. The Bertz CT molecular complexity index is 1220. The number of hydrogen-bond donors (Lipinski definition) is 0. The van der Waals surface area contributed by atoms with Crippen molar-refractivity contribution in [1.82, 2.24) is 0 Å². The van der Waals surface area contributed by atoms with E-state index in [-0.39, 0.29) is 5.41 Å². The Morgan fingerprint density at radius 2 is 1.68 bits per heavy atom. The average molecular weight is 316 g/mol. The number of allylic oxidation sites excluding steroid dienone is 9. The van der Waals surface area contributed by atoms with Crippen LogP contribution < -0.4 is 10.4 Å². The molecule has 0 N–H and O–H groups in total. The van der Waals surface area contributed by atoms with Crippen LogP contribution in [-0.2, 0) is 0 Å². The van der Waals surface area contributed by atoms with Gasteiger partial charge in [0, 0.05) is 0 Å². The lowest BCUT2D eigenvalue weighted by atomic mass is 9.70. The zero-order valence-electron chi connectivity index (χ0n) is 13.7. The molecule has 0 aromatic heterocycles. The molecule has 116 valence electrons. The van der Waals surface area contributed by atoms with Gasteiger partial charge in [-0.2, -0.15) is 0 Å². The maximum Gasteiger partial charge on any atom is 0.0514 e. The minimum Gasteiger partial charge on any atom is -0.0663 e. The predicted octanol–water partition coefficient (Wildman–Crippen LogP) is 4.16. The summed E-state index contributed by atoms with van der Waals surface area (Å²) >= 11 is 0. The largest absolute Gasteiger partial charge is 0.0663 e. The first-order valence-electron chi connectivity index (χ1n) is 8.79. The lowest BCUT2D eigenvalue weighted by Crippen LogP contribution is -2.23. The Kier molecular flexibility index (Phi) is 2.37. The fraction of sp³-hybridized carbons (Fsp3) is 0.0400. The summed E-state index contributed by atoms with van der Waals surface area (Å²) < 4.78 is 0. The molecule has 0 aliphatic heterocycles. The summed E-state index contributed by atoms with van der Waals surface area (Å²) in [6.45, 7) is 0. The second kappa shape index (κ2) is 4.49. The van der Waals surface area contributed by atoms with Crippen molar-refractivity contribution in [2.45, 2.75) is 0 Å². The van der Waals surface area contributed by atoms with Crippen molar-refractivity contribution in [2.24, 2.45) is 5.41 Å². The molecule has 0 saturated heterocycles. The van der Waals surface area contributed by atoms with Gasteiger partial charge in [-0.15, -0.1) is 0 Å². The van der Waals surface area contributed by atoms with E-state index in [0.717, 1.165) is 0 Å². The Balaban J connectivity index is 1.58. The van der Waals surface area contributed by atoms with Gasteiger partial charge in [-0.1, -0.05) is 85.0 Å². The van der Waals surface area contributed by atoms with Crippen LogP contribution in [0.5, 0.6) is 0 Å². The zero-order chi connectivity index (χ0) is 16.4. The smallest absolute Gasteiger partial charge is 0.0514 e. The van der Waals surface area contributed by atoms with E-state index in [2.05, 4.69) is 97.1 Å². The van der Waals surface area contributed by atoms with E-state index in [0.29, 0.717) is 0 Å². The highest BCUT2D eigenvalue weighted by atomic mass is 14.4. The molecule has 4 aliphatic carbocycles. The number of hydrogen-bond acceptors (Lipinski definition) is 0. The Hall–Kier alpha value is -3.12. The highest BCUT2D eigenvalue weighted by molar-refractivity contribution is 6.00. The van der Waals surface area contributed by atoms with Crippen molar-refractivity contribution in [2.75, 3.05) is 0 Å². The van der Waals surface area contributed by atoms with Gasteiger partial charge in [-0.25, -0.2) is 0 Å². The summed E-state index contributed by atoms with van der Waals surface area (Å²) in [7, 11) is 0. The van der Waals surface area contributed by atoms with Crippen LogP contribution in [0.3, 0.4) is 0 Å². The molecule has 0 radical (unpaired) electrons. The molecule has 0 saturated carbocycles. The molecule has 0 bridgehead atoms. The molecule has 25 heavy (non-hydrogen) atoms. The van der Waals surface area contributed by atoms with Crippen LogP contribution in [0, 0.1) is 5.41 Å². The SMILES string of the molecule is C1=CC2(C=CC3=c4ccccc4=CC3=C2)C2=Cc3ccccc3C2=C1. The monoisotopic (exact) mass is 316 g/mol. The van der Waals surface area contributed by atoms with Gasteiger partial charge < -0.3 is 0 Å². The van der Waals surface area contributed by atoms with Crippen molar-refractivity contribution in [3.05, 3.63) is 118 Å². The van der Waals surface area contributed by atoms with E-state index in [4.69, 9.17) is 0 Å². The fourth-order valence-corrected chi connectivity index (χ4v) is 4.55. The van der Waals surface area contributed by atoms with Gasteiger partial charge in [0.1, 0.15) is 0 Å². The highest BCUT2D eigenvalue weighted by Crippen LogP contribution is 2.51. The van der Waals surface area contributed by atoms with Crippen LogP contribution >= 0.6 is 0 Å². The topological polar surface area (TPSA) is 0 Å². The van der Waals surface area contributed by atoms with E-state index in [1.165, 1.54) is 43.9 Å². The third kappa shape index (κ3) is 1.66. The van der Waals surface area contributed by atoms with Crippen molar-refractivity contribution < 1.29 is 0 Å². The van der Waals surface area contributed by atoms with Crippen LogP contribution in [0.1, 0.15) is 11.1 Å². The lowest BCUT2D eigenvalue weighted by Gasteiger charge is -2.32. The summed E-state index contributed by atoms with van der Waals surface area (Å²) in [5, 5.41) is 2.67. The first-order valence-corrected chi connectivity index (χ1v) is 8.79. The van der Waals surface area contributed by atoms with Crippen LogP contribution in [0.4, 0.5) is 0 Å². The molecule has 1 atom stereocenters. The van der Waals surface area contributed by atoms with Gasteiger partial charge >= 0.3 is 0 Å². The van der Waals surface area contributed by atoms with Crippen molar-refractivity contribution in [3.63, 3.8) is 0 Å². The van der Waals surface area contributed by atoms with Gasteiger partial charge in [0.15, 0.2) is 0 Å². The molecule has 1 unspecified atom stereocenters. The molecular weight excluding hydrogens is 300 g/mol. The molecule has 6 rings (SSSR count). The molecule has 0 amide bonds. The minimum absolute atomic E-state index is 0.138. The van der Waals surface area contributed by atoms with E-state index >= 15 is 0 Å². The van der Waals surface area contributed by atoms with Gasteiger partial charge in [0.2, 0.25) is 0 Å². The van der Waals surface area contributed by atoms with E-state index < -0.39 is 0 Å². The zero-order valence-corrected chi connectivity index (χ0v) is 13.7. The van der Waals surface area contributed by atoms with Crippen molar-refractivity contribution in [1.29, 1.82) is 0 Å². The first kappa shape index (κ1) is 13.2. The van der Waals surface area contributed by atoms with Crippen molar-refractivity contribution >= 4 is 23.3 Å². The predicted molar refractivity (Wildman–Crippen MR) is 105 cm³/mol. The standard InChI is InChI=1S/C25H16/c1-3-8-20-17(6-1)14-19-16-25(13-11-22(19)20)12-5-10-23-21-9-4-2-7-18(21)15-24(23)25/h1-16H. The first-order chi connectivity index (χ1) is 12.3. The Morgan fingerprint density at radius 3 is 2.68 bits per heavy atom. The number of rotatable bonds is 0. The van der Waals surface area contributed by atoms with E-state index in [9.17, 15) is 0 Å². The van der Waals surface area contributed by atoms with Gasteiger partial charge in [-0.3, -0.25) is 0 Å².